The van der Waals surface area contributed by atoms with Gasteiger partial charge in [0, 0.05) is 49.9 Å². The average Bonchev–Trinajstić information content (AvgIpc) is 3.53. The van der Waals surface area contributed by atoms with Crippen LogP contribution >= 0.6 is 0 Å². The highest BCUT2D eigenvalue weighted by Gasteiger charge is 2.20. The van der Waals surface area contributed by atoms with Gasteiger partial charge in [0.25, 0.3) is 0 Å². The first-order chi connectivity index (χ1) is 24.3. The third-order valence-electron chi connectivity index (χ3n) is 9.62. The number of rotatable bonds is 4. The van der Waals surface area contributed by atoms with Gasteiger partial charge in [0.1, 0.15) is 0 Å². The van der Waals surface area contributed by atoms with Gasteiger partial charge in [-0.15, -0.1) is 0 Å². The molecule has 0 aliphatic heterocycles. The summed E-state index contributed by atoms with van der Waals surface area (Å²) in [6.07, 6.45) is 1.83. The maximum Gasteiger partial charge on any atom is 0.0972 e. The SMILES string of the molecule is c1ccc(-c2nc3ccccc3c3c4ccccc4n(-c4ccc(-c5ccc(-c6ccc7ccc8cccnc8c7n6)cc5)cc4)c23)cc1. The number of nitrogens with zero attached hydrogens (tertiary/aromatic N) is 4. The lowest BCUT2D eigenvalue weighted by atomic mass is 10.0. The number of benzene rings is 6. The van der Waals surface area contributed by atoms with E-state index in [4.69, 9.17) is 9.97 Å². The molecule has 0 fully saturated rings. The van der Waals surface area contributed by atoms with Crippen molar-refractivity contribution >= 4 is 54.5 Å². The minimum absolute atomic E-state index is 0.930. The van der Waals surface area contributed by atoms with Crippen molar-refractivity contribution in [3.8, 4) is 39.3 Å². The molecular weight excluding hydrogens is 597 g/mol. The van der Waals surface area contributed by atoms with Crippen LogP contribution in [0, 0.1) is 0 Å². The highest BCUT2D eigenvalue weighted by molar-refractivity contribution is 6.23. The summed E-state index contributed by atoms with van der Waals surface area (Å²) in [6.45, 7) is 0. The van der Waals surface area contributed by atoms with Crippen LogP contribution < -0.4 is 0 Å². The molecule has 0 unspecified atom stereocenters. The Balaban J connectivity index is 1.08. The highest BCUT2D eigenvalue weighted by Crippen LogP contribution is 2.41. The van der Waals surface area contributed by atoms with Gasteiger partial charge >= 0.3 is 0 Å². The van der Waals surface area contributed by atoms with Crippen molar-refractivity contribution in [1.82, 2.24) is 19.5 Å². The number of fused-ring (bicyclic) bond motifs is 8. The molecule has 0 atom stereocenters. The van der Waals surface area contributed by atoms with Gasteiger partial charge in [0.05, 0.1) is 39.0 Å². The van der Waals surface area contributed by atoms with Crippen molar-refractivity contribution in [3.05, 3.63) is 170 Å². The molecule has 4 heterocycles. The molecule has 0 saturated heterocycles. The Morgan fingerprint density at radius 2 is 1.08 bits per heavy atom. The zero-order valence-corrected chi connectivity index (χ0v) is 26.5. The molecule has 0 amide bonds. The number of pyridine rings is 3. The van der Waals surface area contributed by atoms with E-state index in [0.29, 0.717) is 0 Å². The molecule has 4 aromatic heterocycles. The van der Waals surface area contributed by atoms with Gasteiger partial charge in [0.2, 0.25) is 0 Å². The summed E-state index contributed by atoms with van der Waals surface area (Å²) in [5.74, 6) is 0. The predicted molar refractivity (Wildman–Crippen MR) is 203 cm³/mol. The van der Waals surface area contributed by atoms with Crippen LogP contribution in [0.2, 0.25) is 0 Å². The van der Waals surface area contributed by atoms with Crippen molar-refractivity contribution in [2.75, 3.05) is 0 Å². The molecular formula is C45H28N4. The fourth-order valence-corrected chi connectivity index (χ4v) is 7.28. The van der Waals surface area contributed by atoms with Crippen LogP contribution in [0.5, 0.6) is 0 Å². The molecule has 6 aromatic carbocycles. The summed E-state index contributed by atoms with van der Waals surface area (Å²) in [7, 11) is 0. The van der Waals surface area contributed by atoms with Gasteiger partial charge < -0.3 is 4.57 Å². The number of aromatic nitrogens is 4. The molecule has 0 aliphatic rings. The Hall–Kier alpha value is -6.65. The first-order valence-electron chi connectivity index (χ1n) is 16.5. The van der Waals surface area contributed by atoms with Crippen LogP contribution in [-0.2, 0) is 0 Å². The molecule has 0 saturated carbocycles. The fraction of sp³-hybridized carbons (Fsp3) is 0. The zero-order chi connectivity index (χ0) is 32.3. The third kappa shape index (κ3) is 4.42. The van der Waals surface area contributed by atoms with E-state index in [-0.39, 0.29) is 0 Å². The van der Waals surface area contributed by atoms with Crippen LogP contribution in [0.1, 0.15) is 0 Å². The smallest absolute Gasteiger partial charge is 0.0972 e. The van der Waals surface area contributed by atoms with Crippen LogP contribution in [0.15, 0.2) is 170 Å². The van der Waals surface area contributed by atoms with E-state index in [1.54, 1.807) is 0 Å². The van der Waals surface area contributed by atoms with Crippen molar-refractivity contribution in [2.45, 2.75) is 0 Å². The largest absolute Gasteiger partial charge is 0.307 e. The van der Waals surface area contributed by atoms with Crippen LogP contribution in [-0.4, -0.2) is 19.5 Å². The van der Waals surface area contributed by atoms with Gasteiger partial charge in [-0.1, -0.05) is 127 Å². The van der Waals surface area contributed by atoms with E-state index in [2.05, 4.69) is 167 Å². The van der Waals surface area contributed by atoms with E-state index in [0.717, 1.165) is 83.1 Å². The lowest BCUT2D eigenvalue weighted by molar-refractivity contribution is 1.17. The summed E-state index contributed by atoms with van der Waals surface area (Å²) in [5, 5.41) is 5.80. The fourth-order valence-electron chi connectivity index (χ4n) is 7.28. The third-order valence-corrected chi connectivity index (χ3v) is 9.62. The summed E-state index contributed by atoms with van der Waals surface area (Å²) in [5.41, 5.74) is 12.7. The maximum atomic E-state index is 5.26. The lowest BCUT2D eigenvalue weighted by Crippen LogP contribution is -1.97. The van der Waals surface area contributed by atoms with E-state index in [1.807, 2.05) is 12.3 Å². The Bertz CT molecular complexity index is 2850. The quantitative estimate of drug-likeness (QED) is 0.183. The molecule has 0 N–H and O–H groups in total. The Morgan fingerprint density at radius 1 is 0.429 bits per heavy atom. The minimum atomic E-state index is 0.930. The monoisotopic (exact) mass is 624 g/mol. The van der Waals surface area contributed by atoms with E-state index >= 15 is 0 Å². The lowest BCUT2D eigenvalue weighted by Gasteiger charge is -2.13. The van der Waals surface area contributed by atoms with E-state index in [9.17, 15) is 0 Å². The van der Waals surface area contributed by atoms with E-state index < -0.39 is 0 Å². The topological polar surface area (TPSA) is 43.6 Å². The summed E-state index contributed by atoms with van der Waals surface area (Å²) < 4.78 is 2.38. The first-order valence-corrected chi connectivity index (χ1v) is 16.5. The molecule has 10 rings (SSSR count). The van der Waals surface area contributed by atoms with Crippen molar-refractivity contribution in [2.24, 2.45) is 0 Å². The predicted octanol–water partition coefficient (Wildman–Crippen LogP) is 11.4. The summed E-state index contributed by atoms with van der Waals surface area (Å²) in [6, 6.07) is 57.7. The Morgan fingerprint density at radius 3 is 1.90 bits per heavy atom. The van der Waals surface area contributed by atoms with Crippen molar-refractivity contribution < 1.29 is 0 Å². The molecule has 4 heteroatoms. The van der Waals surface area contributed by atoms with Crippen molar-refractivity contribution in [1.29, 1.82) is 0 Å². The van der Waals surface area contributed by atoms with Gasteiger partial charge in [-0.2, -0.15) is 0 Å². The number of hydrogen-bond acceptors (Lipinski definition) is 3. The van der Waals surface area contributed by atoms with Gasteiger partial charge in [0.15, 0.2) is 0 Å². The molecule has 0 aliphatic carbocycles. The molecule has 49 heavy (non-hydrogen) atoms. The van der Waals surface area contributed by atoms with Gasteiger partial charge in [-0.25, -0.2) is 9.97 Å². The standard InChI is InChI=1S/C45H28N4/c1-2-9-32(10-3-1)44-45-41(36-12-4-6-14-39(36)48-44)37-13-5-7-15-40(37)49(45)35-25-22-30(23-26-35)29-16-18-31(19-17-29)38-27-24-34-21-20-33-11-8-28-46-42(33)43(34)47-38/h1-28H. The molecule has 10 aromatic rings. The number of hydrogen-bond donors (Lipinski definition) is 0. The van der Waals surface area contributed by atoms with E-state index in [1.165, 1.54) is 10.8 Å². The van der Waals surface area contributed by atoms with Crippen LogP contribution in [0.4, 0.5) is 0 Å². The maximum absolute atomic E-state index is 5.26. The molecule has 4 nitrogen and oxygen atoms in total. The second-order valence-electron chi connectivity index (χ2n) is 12.5. The average molecular weight is 625 g/mol. The molecule has 228 valence electrons. The van der Waals surface area contributed by atoms with Gasteiger partial charge in [-0.3, -0.25) is 4.98 Å². The zero-order valence-electron chi connectivity index (χ0n) is 26.5. The summed E-state index contributed by atoms with van der Waals surface area (Å²) in [4.78, 5) is 14.9. The molecule has 0 radical (unpaired) electrons. The normalized spacial score (nSPS) is 11.7. The second-order valence-corrected chi connectivity index (χ2v) is 12.5. The van der Waals surface area contributed by atoms with Crippen molar-refractivity contribution in [3.63, 3.8) is 0 Å². The summed E-state index contributed by atoms with van der Waals surface area (Å²) >= 11 is 0. The van der Waals surface area contributed by atoms with Crippen LogP contribution in [0.3, 0.4) is 0 Å². The molecule has 0 bridgehead atoms. The van der Waals surface area contributed by atoms with Crippen LogP contribution in [0.25, 0.3) is 93.8 Å². The number of para-hydroxylation sites is 2. The Kier molecular flexibility index (Phi) is 6.15. The van der Waals surface area contributed by atoms with Gasteiger partial charge in [-0.05, 0) is 47.5 Å². The highest BCUT2D eigenvalue weighted by atomic mass is 15.0. The molecule has 0 spiro atoms. The minimum Gasteiger partial charge on any atom is -0.307 e. The second kappa shape index (κ2) is 11.0. The Labute approximate surface area is 282 Å². The first kappa shape index (κ1) is 27.5.